The number of hydrogen-bond donors (Lipinski definition) is 1. The Kier molecular flexibility index (Phi) is 3.62. The van der Waals surface area contributed by atoms with E-state index in [1.54, 1.807) is 22.7 Å². The number of thiazole rings is 1. The fourth-order valence-corrected chi connectivity index (χ4v) is 3.15. The summed E-state index contributed by atoms with van der Waals surface area (Å²) in [5.41, 5.74) is 4.12. The first kappa shape index (κ1) is 13.0. The molecular formula is C13H12N4OS2. The van der Waals surface area contributed by atoms with Gasteiger partial charge in [-0.3, -0.25) is 9.20 Å². The van der Waals surface area contributed by atoms with Gasteiger partial charge in [0.25, 0.3) is 0 Å². The summed E-state index contributed by atoms with van der Waals surface area (Å²) in [5, 5.41) is 8.04. The summed E-state index contributed by atoms with van der Waals surface area (Å²) in [5.74, 6) is -0.161. The monoisotopic (exact) mass is 304 g/mol. The molecule has 0 bridgehead atoms. The van der Waals surface area contributed by atoms with Crippen LogP contribution in [-0.4, -0.2) is 21.0 Å². The molecule has 1 N–H and O–H groups in total. The van der Waals surface area contributed by atoms with Crippen molar-refractivity contribution in [3.63, 3.8) is 0 Å². The second-order valence-electron chi connectivity index (χ2n) is 4.21. The molecule has 0 saturated heterocycles. The largest absolute Gasteiger partial charge is 0.297 e. The van der Waals surface area contributed by atoms with Gasteiger partial charge in [0.05, 0.1) is 17.8 Å². The summed E-state index contributed by atoms with van der Waals surface area (Å²) in [6.45, 7) is 1.87. The van der Waals surface area contributed by atoms with Crippen LogP contribution in [-0.2, 0) is 11.2 Å². The highest BCUT2D eigenvalue weighted by Crippen LogP contribution is 2.12. The minimum atomic E-state index is -0.161. The lowest BCUT2D eigenvalue weighted by Crippen LogP contribution is -2.21. The van der Waals surface area contributed by atoms with Gasteiger partial charge in [-0.15, -0.1) is 22.7 Å². The van der Waals surface area contributed by atoms with Gasteiger partial charge in [-0.2, -0.15) is 5.10 Å². The highest BCUT2D eigenvalue weighted by molar-refractivity contribution is 7.15. The minimum absolute atomic E-state index is 0.161. The van der Waals surface area contributed by atoms with Crippen LogP contribution in [0.1, 0.15) is 17.5 Å². The van der Waals surface area contributed by atoms with Crippen LogP contribution in [0.2, 0.25) is 0 Å². The van der Waals surface area contributed by atoms with Crippen molar-refractivity contribution in [1.29, 1.82) is 0 Å². The standard InChI is InChI=1S/C13H12N4OS2/c1-9(11-3-2-5-19-11)15-16-12(18)7-10-8-17-4-6-20-13(17)14-10/h2-6,8H,7H2,1H3,(H,16,18). The molecule has 0 saturated carbocycles. The molecule has 3 aromatic heterocycles. The molecule has 0 atom stereocenters. The fourth-order valence-electron chi connectivity index (χ4n) is 1.75. The number of hydrazone groups is 1. The molecule has 0 aliphatic heterocycles. The van der Waals surface area contributed by atoms with Gasteiger partial charge in [-0.25, -0.2) is 10.4 Å². The third kappa shape index (κ3) is 2.78. The van der Waals surface area contributed by atoms with Crippen LogP contribution in [0.4, 0.5) is 0 Å². The first-order chi connectivity index (χ1) is 9.72. The van der Waals surface area contributed by atoms with Crippen molar-refractivity contribution in [3.05, 3.63) is 45.9 Å². The maximum Gasteiger partial charge on any atom is 0.246 e. The molecule has 7 heteroatoms. The fraction of sp³-hybridized carbons (Fsp3) is 0.154. The van der Waals surface area contributed by atoms with E-state index >= 15 is 0 Å². The van der Waals surface area contributed by atoms with Crippen LogP contribution in [0.15, 0.2) is 40.4 Å². The molecule has 0 aliphatic carbocycles. The molecule has 0 fully saturated rings. The molecule has 0 aliphatic rings. The Morgan fingerprint density at radius 1 is 1.45 bits per heavy atom. The molecule has 102 valence electrons. The number of hydrogen-bond acceptors (Lipinski definition) is 5. The van der Waals surface area contributed by atoms with Gasteiger partial charge in [0.1, 0.15) is 0 Å². The zero-order chi connectivity index (χ0) is 13.9. The Labute approximate surface area is 123 Å². The van der Waals surface area contributed by atoms with Crippen LogP contribution in [0, 0.1) is 0 Å². The quantitative estimate of drug-likeness (QED) is 0.595. The zero-order valence-electron chi connectivity index (χ0n) is 10.7. The molecule has 0 radical (unpaired) electrons. The van der Waals surface area contributed by atoms with Gasteiger partial charge in [0.15, 0.2) is 4.96 Å². The van der Waals surface area contributed by atoms with Crippen molar-refractivity contribution >= 4 is 39.3 Å². The van der Waals surface area contributed by atoms with Gasteiger partial charge in [-0.05, 0) is 18.4 Å². The summed E-state index contributed by atoms with van der Waals surface area (Å²) in [6.07, 6.45) is 4.02. The number of carbonyl (C=O) groups excluding carboxylic acids is 1. The van der Waals surface area contributed by atoms with E-state index in [-0.39, 0.29) is 12.3 Å². The number of rotatable bonds is 4. The Morgan fingerprint density at radius 3 is 3.10 bits per heavy atom. The summed E-state index contributed by atoms with van der Waals surface area (Å²) in [4.78, 5) is 18.1. The van der Waals surface area contributed by atoms with E-state index in [2.05, 4.69) is 15.5 Å². The van der Waals surface area contributed by atoms with Crippen LogP contribution in [0.3, 0.4) is 0 Å². The lowest BCUT2D eigenvalue weighted by atomic mass is 10.3. The Bertz CT molecular complexity index is 726. The van der Waals surface area contributed by atoms with Gasteiger partial charge in [-0.1, -0.05) is 6.07 Å². The molecule has 3 aromatic rings. The highest BCUT2D eigenvalue weighted by Gasteiger charge is 2.08. The Hall–Kier alpha value is -1.99. The molecule has 0 spiro atoms. The van der Waals surface area contributed by atoms with Gasteiger partial charge < -0.3 is 0 Å². The Morgan fingerprint density at radius 2 is 2.35 bits per heavy atom. The molecule has 0 unspecified atom stereocenters. The highest BCUT2D eigenvalue weighted by atomic mass is 32.1. The topological polar surface area (TPSA) is 58.8 Å². The lowest BCUT2D eigenvalue weighted by molar-refractivity contribution is -0.120. The lowest BCUT2D eigenvalue weighted by Gasteiger charge is -1.99. The number of nitrogens with zero attached hydrogens (tertiary/aromatic N) is 3. The van der Waals surface area contributed by atoms with E-state index < -0.39 is 0 Å². The van der Waals surface area contributed by atoms with Crippen molar-refractivity contribution in [2.24, 2.45) is 5.10 Å². The van der Waals surface area contributed by atoms with Crippen molar-refractivity contribution in [2.75, 3.05) is 0 Å². The second-order valence-corrected chi connectivity index (χ2v) is 6.03. The maximum atomic E-state index is 11.8. The van der Waals surface area contributed by atoms with Gasteiger partial charge in [0.2, 0.25) is 5.91 Å². The van der Waals surface area contributed by atoms with E-state index in [4.69, 9.17) is 0 Å². The summed E-state index contributed by atoms with van der Waals surface area (Å²) in [7, 11) is 0. The van der Waals surface area contributed by atoms with Gasteiger partial charge >= 0.3 is 0 Å². The van der Waals surface area contributed by atoms with Crippen molar-refractivity contribution in [3.8, 4) is 0 Å². The molecule has 20 heavy (non-hydrogen) atoms. The zero-order valence-corrected chi connectivity index (χ0v) is 12.4. The minimum Gasteiger partial charge on any atom is -0.297 e. The second kappa shape index (κ2) is 5.56. The number of amides is 1. The van der Waals surface area contributed by atoms with E-state index in [1.165, 1.54) is 0 Å². The number of nitrogens with one attached hydrogen (secondary N) is 1. The van der Waals surface area contributed by atoms with Crippen molar-refractivity contribution < 1.29 is 4.79 Å². The number of fused-ring (bicyclic) bond motifs is 1. The van der Waals surface area contributed by atoms with Crippen molar-refractivity contribution in [1.82, 2.24) is 14.8 Å². The number of imidazole rings is 1. The third-order valence-electron chi connectivity index (χ3n) is 2.71. The number of thiophene rings is 1. The summed E-state index contributed by atoms with van der Waals surface area (Å²) >= 11 is 3.14. The van der Waals surface area contributed by atoms with Crippen LogP contribution in [0.25, 0.3) is 4.96 Å². The summed E-state index contributed by atoms with van der Waals surface area (Å²) in [6, 6.07) is 3.93. The van der Waals surface area contributed by atoms with Crippen LogP contribution in [0.5, 0.6) is 0 Å². The molecule has 5 nitrogen and oxygen atoms in total. The number of carbonyl (C=O) groups is 1. The average molecular weight is 304 g/mol. The predicted octanol–water partition coefficient (Wildman–Crippen LogP) is 2.54. The van der Waals surface area contributed by atoms with E-state index in [1.807, 2.05) is 46.6 Å². The van der Waals surface area contributed by atoms with E-state index in [9.17, 15) is 4.79 Å². The predicted molar refractivity (Wildman–Crippen MR) is 81.4 cm³/mol. The molecule has 3 heterocycles. The normalized spacial score (nSPS) is 11.9. The third-order valence-corrected chi connectivity index (χ3v) is 4.46. The van der Waals surface area contributed by atoms with Crippen LogP contribution < -0.4 is 5.43 Å². The SMILES string of the molecule is CC(=NNC(=O)Cc1cn2ccsc2n1)c1cccs1. The van der Waals surface area contributed by atoms with Gasteiger partial charge in [0, 0.05) is 22.7 Å². The van der Waals surface area contributed by atoms with E-state index in [0.717, 1.165) is 21.2 Å². The first-order valence-corrected chi connectivity index (χ1v) is 7.76. The Balaban J connectivity index is 1.62. The summed E-state index contributed by atoms with van der Waals surface area (Å²) < 4.78 is 1.91. The van der Waals surface area contributed by atoms with Crippen molar-refractivity contribution in [2.45, 2.75) is 13.3 Å². The molecule has 0 aromatic carbocycles. The number of aromatic nitrogens is 2. The van der Waals surface area contributed by atoms with Crippen LogP contribution >= 0.6 is 22.7 Å². The molecule has 1 amide bonds. The smallest absolute Gasteiger partial charge is 0.246 e. The van der Waals surface area contributed by atoms with E-state index in [0.29, 0.717) is 0 Å². The molecular weight excluding hydrogens is 292 g/mol. The average Bonchev–Trinajstić information content (AvgIpc) is 3.11. The molecule has 3 rings (SSSR count). The maximum absolute atomic E-state index is 11.8. The first-order valence-electron chi connectivity index (χ1n) is 6.00.